The van der Waals surface area contributed by atoms with Crippen LogP contribution >= 0.6 is 0 Å². The normalized spacial score (nSPS) is 10.6. The molecule has 530 valence electrons. The van der Waals surface area contributed by atoms with Crippen LogP contribution in [0.5, 0.6) is 46.0 Å². The first-order valence-corrected chi connectivity index (χ1v) is 36.0. The van der Waals surface area contributed by atoms with Gasteiger partial charge in [-0.3, -0.25) is 0 Å². The molecule has 0 amide bonds. The number of terminal acetylenes is 2. The molecular weight excluding hydrogens is 1380 g/mol. The lowest BCUT2D eigenvalue weighted by Gasteiger charge is -2.19. The topological polar surface area (TPSA) is 73.8 Å². The van der Waals surface area contributed by atoms with Crippen molar-refractivity contribution in [2.75, 3.05) is 56.9 Å². The van der Waals surface area contributed by atoms with Gasteiger partial charge in [0.05, 0.1) is 56.9 Å². The third-order valence-corrected chi connectivity index (χ3v) is 20.5. The highest BCUT2D eigenvalue weighted by molar-refractivity contribution is 6.17. The molecule has 0 aliphatic heterocycles. The third kappa shape index (κ3) is 12.5. The van der Waals surface area contributed by atoms with Crippen molar-refractivity contribution in [1.29, 1.82) is 0 Å². The molecule has 16 aromatic carbocycles. The molecular formula is C104H66O8. The molecule has 16 aromatic rings. The lowest BCUT2D eigenvalue weighted by molar-refractivity contribution is 0.411. The largest absolute Gasteiger partial charge is 0.496 e. The third-order valence-electron chi connectivity index (χ3n) is 20.5. The summed E-state index contributed by atoms with van der Waals surface area (Å²) in [5, 5.41) is 14.8. The second-order valence-electron chi connectivity index (χ2n) is 26.2. The van der Waals surface area contributed by atoms with Crippen LogP contribution in [0.15, 0.2) is 243 Å². The van der Waals surface area contributed by atoms with E-state index in [1.807, 2.05) is 158 Å². The van der Waals surface area contributed by atoms with Crippen LogP contribution in [0.2, 0.25) is 0 Å². The predicted octanol–water partition coefficient (Wildman–Crippen LogP) is 21.8. The van der Waals surface area contributed by atoms with Crippen LogP contribution < -0.4 is 37.9 Å². The van der Waals surface area contributed by atoms with Crippen LogP contribution in [0.1, 0.15) is 44.5 Å². The summed E-state index contributed by atoms with van der Waals surface area (Å²) in [7, 11) is 13.3. The Balaban J connectivity index is 0.719. The summed E-state index contributed by atoms with van der Waals surface area (Å²) in [5.74, 6) is 50.2. The van der Waals surface area contributed by atoms with Crippen LogP contribution in [-0.4, -0.2) is 56.9 Å². The van der Waals surface area contributed by atoms with Gasteiger partial charge in [-0.1, -0.05) is 241 Å². The molecule has 8 nitrogen and oxygen atoms in total. The summed E-state index contributed by atoms with van der Waals surface area (Å²) in [6.45, 7) is 0. The number of fused-ring (bicyclic) bond motifs is 8. The standard InChI is InChI=1S/C104H66O8/c1-11-65-57-89(105-3)97(81-49-27-19-41-73(65)81)99-83-51-29-21-43-75(83)67(59-91(99)107-5)35-13-15-37-69-61-93(109-7)101(85-53-31-23-45-77(69)85)103-87-55-33-25-47-79(87)71(63-95(103)111-9)39-17-18-40-72-64-96(112-10)104(88-56-34-26-48-80(72)88)102-86-54-32-24-46-78(86)70(62-94(102)110-8)38-16-14-36-68-60-92(108-6)100(84-52-30-22-44-76(68)84)98-82-50-28-20-42-74(82)66(12-2)58-90(98)106-4/h1-2,19-34,41-64H,3-10H3. The molecule has 0 radical (unpaired) electrons. The molecule has 0 aromatic heterocycles. The van der Waals surface area contributed by atoms with Crippen molar-refractivity contribution >= 4 is 86.2 Å². The van der Waals surface area contributed by atoms with Gasteiger partial charge in [0.15, 0.2) is 0 Å². The number of hydrogen-bond acceptors (Lipinski definition) is 8. The van der Waals surface area contributed by atoms with E-state index < -0.39 is 0 Å². The Morgan fingerprint density at radius 3 is 0.411 bits per heavy atom. The van der Waals surface area contributed by atoms with E-state index in [1.165, 1.54) is 0 Å². The number of methoxy groups -OCH3 is 8. The van der Waals surface area contributed by atoms with Crippen molar-refractivity contribution in [3.05, 3.63) is 287 Å². The maximum atomic E-state index is 6.33. The summed E-state index contributed by atoms with van der Waals surface area (Å²) in [4.78, 5) is 0. The molecule has 0 N–H and O–H groups in total. The minimum Gasteiger partial charge on any atom is -0.496 e. The van der Waals surface area contributed by atoms with E-state index in [9.17, 15) is 0 Å². The second kappa shape index (κ2) is 30.8. The predicted molar refractivity (Wildman–Crippen MR) is 457 cm³/mol. The zero-order chi connectivity index (χ0) is 76.9. The van der Waals surface area contributed by atoms with Gasteiger partial charge in [0.2, 0.25) is 0 Å². The molecule has 0 aliphatic rings. The van der Waals surface area contributed by atoms with Gasteiger partial charge in [-0.25, -0.2) is 0 Å². The fraction of sp³-hybridized carbons (Fsp3) is 0.0769. The van der Waals surface area contributed by atoms with E-state index in [0.29, 0.717) is 46.0 Å². The second-order valence-corrected chi connectivity index (χ2v) is 26.2. The Labute approximate surface area is 650 Å². The van der Waals surface area contributed by atoms with Crippen molar-refractivity contribution in [3.63, 3.8) is 0 Å². The van der Waals surface area contributed by atoms with E-state index in [4.69, 9.17) is 50.7 Å². The summed E-state index contributed by atoms with van der Waals surface area (Å²) >= 11 is 0. The fourth-order valence-electron chi connectivity index (χ4n) is 15.6. The van der Waals surface area contributed by atoms with Crippen LogP contribution in [0, 0.1) is 95.7 Å². The molecule has 0 heterocycles. The molecule has 8 heteroatoms. The molecule has 0 fully saturated rings. The Morgan fingerprint density at radius 2 is 0.286 bits per heavy atom. The highest BCUT2D eigenvalue weighted by atomic mass is 16.5. The lowest BCUT2D eigenvalue weighted by Crippen LogP contribution is -1.97. The molecule has 0 aliphatic carbocycles. The fourth-order valence-corrected chi connectivity index (χ4v) is 15.6. The van der Waals surface area contributed by atoms with Crippen molar-refractivity contribution in [2.24, 2.45) is 0 Å². The summed E-state index contributed by atoms with van der Waals surface area (Å²) in [6, 6.07) is 80.8. The molecule has 112 heavy (non-hydrogen) atoms. The molecule has 0 saturated heterocycles. The Kier molecular flexibility index (Phi) is 19.4. The Hall–Kier alpha value is -15.5. The van der Waals surface area contributed by atoms with Crippen molar-refractivity contribution < 1.29 is 37.9 Å². The highest BCUT2D eigenvalue weighted by Gasteiger charge is 2.27. The van der Waals surface area contributed by atoms with Gasteiger partial charge in [0.25, 0.3) is 0 Å². The minimum atomic E-state index is 0.603. The lowest BCUT2D eigenvalue weighted by atomic mass is 9.88. The Bertz CT molecular complexity index is 6760. The van der Waals surface area contributed by atoms with E-state index >= 15 is 0 Å². The number of ether oxygens (including phenoxy) is 8. The first kappa shape index (κ1) is 70.8. The molecule has 0 spiro atoms. The van der Waals surface area contributed by atoms with Gasteiger partial charge in [-0.15, -0.1) is 12.8 Å². The summed E-state index contributed by atoms with van der Waals surface area (Å²) in [6.07, 6.45) is 12.0. The van der Waals surface area contributed by atoms with E-state index in [-0.39, 0.29) is 0 Å². The van der Waals surface area contributed by atoms with Crippen LogP contribution in [-0.2, 0) is 0 Å². The van der Waals surface area contributed by atoms with Crippen molar-refractivity contribution in [3.8, 4) is 186 Å². The first-order valence-electron chi connectivity index (χ1n) is 36.0. The van der Waals surface area contributed by atoms with E-state index in [1.54, 1.807) is 56.9 Å². The number of rotatable bonds is 12. The number of hydrogen-bond donors (Lipinski definition) is 0. The molecule has 16 rings (SSSR count). The average Bonchev–Trinajstić information content (AvgIpc) is 0.757. The summed E-state index contributed by atoms with van der Waals surface area (Å²) < 4.78 is 49.7. The first-order chi connectivity index (χ1) is 55.2. The maximum Gasteiger partial charge on any atom is 0.128 e. The van der Waals surface area contributed by atoms with Gasteiger partial charge < -0.3 is 37.9 Å². The zero-order valence-corrected chi connectivity index (χ0v) is 62.5. The molecule has 0 bridgehead atoms. The monoisotopic (exact) mass is 1440 g/mol. The van der Waals surface area contributed by atoms with Gasteiger partial charge in [0, 0.05) is 89.0 Å². The smallest absolute Gasteiger partial charge is 0.128 e. The van der Waals surface area contributed by atoms with Crippen LogP contribution in [0.3, 0.4) is 0 Å². The maximum absolute atomic E-state index is 6.33. The number of benzene rings is 16. The Morgan fingerprint density at radius 1 is 0.170 bits per heavy atom. The van der Waals surface area contributed by atoms with E-state index in [2.05, 4.69) is 168 Å². The molecule has 0 atom stereocenters. The van der Waals surface area contributed by atoms with Gasteiger partial charge in [-0.2, -0.15) is 0 Å². The van der Waals surface area contributed by atoms with Crippen molar-refractivity contribution in [2.45, 2.75) is 0 Å². The molecule has 0 saturated carbocycles. The van der Waals surface area contributed by atoms with Gasteiger partial charge >= 0.3 is 0 Å². The SMILES string of the molecule is C#Cc1cc(OC)c(-c2c(OC)cc(C#CC#Cc3cc(OC)c(-c4c(OC)cc(C#CC#Cc5cc(OC)c(-c6c(OC)cc(C#CC#Cc7cc(OC)c(-c8c(OC)cc(C#C)c9ccccc89)c8ccccc78)c7ccccc67)c6ccccc56)c5ccccc45)c4ccccc34)c3ccccc23)c2ccccc12. The van der Waals surface area contributed by atoms with Crippen LogP contribution in [0.25, 0.3) is 131 Å². The van der Waals surface area contributed by atoms with E-state index in [0.717, 1.165) is 175 Å². The van der Waals surface area contributed by atoms with Gasteiger partial charge in [-0.05, 0) is 170 Å². The summed E-state index contributed by atoms with van der Waals surface area (Å²) in [5.41, 5.74) is 12.8. The highest BCUT2D eigenvalue weighted by Crippen LogP contribution is 2.52. The zero-order valence-electron chi connectivity index (χ0n) is 62.5. The quantitative estimate of drug-likeness (QED) is 0.112. The average molecular weight is 1440 g/mol. The van der Waals surface area contributed by atoms with Gasteiger partial charge in [0.1, 0.15) is 46.0 Å². The molecule has 0 unspecified atom stereocenters. The van der Waals surface area contributed by atoms with Crippen molar-refractivity contribution in [1.82, 2.24) is 0 Å². The van der Waals surface area contributed by atoms with Crippen LogP contribution in [0.4, 0.5) is 0 Å². The minimum absolute atomic E-state index is 0.603.